The van der Waals surface area contributed by atoms with Gasteiger partial charge in [0.25, 0.3) is 10.2 Å². The first-order valence-corrected chi connectivity index (χ1v) is 5.78. The number of nitrogens with one attached hydrogen (secondary N) is 1. The van der Waals surface area contributed by atoms with Crippen molar-refractivity contribution in [1.29, 1.82) is 0 Å². The minimum absolute atomic E-state index is 0.0632. The summed E-state index contributed by atoms with van der Waals surface area (Å²) < 4.78 is 26.7. The Hall–Kier alpha value is -0.170. The van der Waals surface area contributed by atoms with Crippen LogP contribution in [0.3, 0.4) is 0 Å². The molecule has 78 valence electrons. The van der Waals surface area contributed by atoms with Crippen LogP contribution in [0, 0.1) is 5.92 Å². The van der Waals surface area contributed by atoms with Crippen molar-refractivity contribution in [2.24, 2.45) is 5.92 Å². The average molecular weight is 208 g/mol. The molecule has 2 N–H and O–H groups in total. The van der Waals surface area contributed by atoms with E-state index in [1.807, 2.05) is 0 Å². The summed E-state index contributed by atoms with van der Waals surface area (Å²) in [6.45, 7) is 4.48. The lowest BCUT2D eigenvalue weighted by molar-refractivity contribution is 0.116. The molecule has 1 heterocycles. The van der Waals surface area contributed by atoms with Crippen LogP contribution in [0.2, 0.25) is 0 Å². The summed E-state index contributed by atoms with van der Waals surface area (Å²) in [7, 11) is -3.29. The van der Waals surface area contributed by atoms with Crippen LogP contribution in [0.5, 0.6) is 0 Å². The Morgan fingerprint density at radius 3 is 2.46 bits per heavy atom. The first-order chi connectivity index (χ1) is 5.95. The van der Waals surface area contributed by atoms with Crippen LogP contribution in [0.15, 0.2) is 0 Å². The lowest BCUT2D eigenvalue weighted by Crippen LogP contribution is -2.55. The number of aliphatic hydroxyl groups is 1. The molecule has 0 unspecified atom stereocenters. The molecule has 1 aliphatic heterocycles. The van der Waals surface area contributed by atoms with Gasteiger partial charge in [0.2, 0.25) is 0 Å². The Balaban J connectivity index is 2.45. The summed E-state index contributed by atoms with van der Waals surface area (Å²) in [6.07, 6.45) is 0. The van der Waals surface area contributed by atoms with Crippen molar-refractivity contribution in [3.63, 3.8) is 0 Å². The van der Waals surface area contributed by atoms with Gasteiger partial charge in [0.05, 0.1) is 0 Å². The molecule has 6 heteroatoms. The van der Waals surface area contributed by atoms with E-state index in [1.165, 1.54) is 4.31 Å². The topological polar surface area (TPSA) is 69.6 Å². The number of rotatable bonds is 4. The Morgan fingerprint density at radius 2 is 2.08 bits per heavy atom. The molecule has 0 aliphatic carbocycles. The van der Waals surface area contributed by atoms with E-state index in [0.29, 0.717) is 13.1 Å². The van der Waals surface area contributed by atoms with E-state index in [1.54, 1.807) is 13.8 Å². The minimum Gasteiger partial charge on any atom is -0.396 e. The highest BCUT2D eigenvalue weighted by Crippen LogP contribution is 2.17. The average Bonchev–Trinajstić information content (AvgIpc) is 1.79. The molecular weight excluding hydrogens is 192 g/mol. The van der Waals surface area contributed by atoms with E-state index in [4.69, 9.17) is 5.11 Å². The SMILES string of the molecule is CC(C)NS(=O)(=O)N1CC(CO)C1. The van der Waals surface area contributed by atoms with Gasteiger partial charge in [0.15, 0.2) is 0 Å². The smallest absolute Gasteiger partial charge is 0.279 e. The van der Waals surface area contributed by atoms with Crippen molar-refractivity contribution in [1.82, 2.24) is 9.03 Å². The second-order valence-corrected chi connectivity index (χ2v) is 5.35. The van der Waals surface area contributed by atoms with Gasteiger partial charge in [-0.1, -0.05) is 0 Å². The molecule has 1 fully saturated rings. The third-order valence-corrected chi connectivity index (χ3v) is 3.65. The van der Waals surface area contributed by atoms with Gasteiger partial charge in [-0.2, -0.15) is 17.4 Å². The van der Waals surface area contributed by atoms with Gasteiger partial charge in [-0.25, -0.2) is 0 Å². The molecule has 0 atom stereocenters. The maximum atomic E-state index is 11.4. The van der Waals surface area contributed by atoms with E-state index in [-0.39, 0.29) is 18.6 Å². The lowest BCUT2D eigenvalue weighted by Gasteiger charge is -2.37. The third-order valence-electron chi connectivity index (χ3n) is 1.91. The Bertz CT molecular complexity index is 257. The van der Waals surface area contributed by atoms with Crippen molar-refractivity contribution >= 4 is 10.2 Å². The second-order valence-electron chi connectivity index (χ2n) is 3.64. The molecule has 0 bridgehead atoms. The van der Waals surface area contributed by atoms with Crippen molar-refractivity contribution < 1.29 is 13.5 Å². The highest BCUT2D eigenvalue weighted by molar-refractivity contribution is 7.87. The lowest BCUT2D eigenvalue weighted by atomic mass is 10.1. The molecule has 13 heavy (non-hydrogen) atoms. The van der Waals surface area contributed by atoms with Crippen LogP contribution in [0.4, 0.5) is 0 Å². The van der Waals surface area contributed by atoms with Crippen LogP contribution in [0.25, 0.3) is 0 Å². The zero-order valence-corrected chi connectivity index (χ0v) is 8.71. The Labute approximate surface area is 78.9 Å². The minimum atomic E-state index is -3.29. The number of nitrogens with zero attached hydrogens (tertiary/aromatic N) is 1. The first kappa shape index (κ1) is 10.9. The van der Waals surface area contributed by atoms with Gasteiger partial charge in [0.1, 0.15) is 0 Å². The van der Waals surface area contributed by atoms with Gasteiger partial charge in [-0.15, -0.1) is 0 Å². The fraction of sp³-hybridized carbons (Fsp3) is 1.00. The fourth-order valence-corrected chi connectivity index (χ4v) is 2.77. The fourth-order valence-electron chi connectivity index (χ4n) is 1.21. The summed E-state index contributed by atoms with van der Waals surface area (Å²) in [5.41, 5.74) is 0. The molecule has 1 aliphatic rings. The summed E-state index contributed by atoms with van der Waals surface area (Å²) >= 11 is 0. The van der Waals surface area contributed by atoms with Gasteiger partial charge >= 0.3 is 0 Å². The molecule has 0 radical (unpaired) electrons. The van der Waals surface area contributed by atoms with Crippen LogP contribution in [-0.2, 0) is 10.2 Å². The zero-order valence-electron chi connectivity index (χ0n) is 7.90. The molecule has 0 saturated carbocycles. The van der Waals surface area contributed by atoms with Gasteiger partial charge in [0, 0.05) is 31.7 Å². The molecule has 0 aromatic heterocycles. The van der Waals surface area contributed by atoms with Crippen LogP contribution in [-0.4, -0.2) is 43.6 Å². The normalized spacial score (nSPS) is 20.6. The third kappa shape index (κ3) is 2.63. The quantitative estimate of drug-likeness (QED) is 0.632. The molecule has 1 saturated heterocycles. The van der Waals surface area contributed by atoms with E-state index in [9.17, 15) is 8.42 Å². The Kier molecular flexibility index (Phi) is 3.28. The summed E-state index contributed by atoms with van der Waals surface area (Å²) in [4.78, 5) is 0. The standard InChI is InChI=1S/C7H16N2O3S/c1-6(2)8-13(11,12)9-3-7(4-9)5-10/h6-8,10H,3-5H2,1-2H3. The molecule has 0 aromatic carbocycles. The molecule has 1 rings (SSSR count). The zero-order chi connectivity index (χ0) is 10.1. The van der Waals surface area contributed by atoms with Crippen LogP contribution < -0.4 is 4.72 Å². The molecule has 5 nitrogen and oxygen atoms in total. The maximum absolute atomic E-state index is 11.4. The van der Waals surface area contributed by atoms with E-state index < -0.39 is 10.2 Å². The first-order valence-electron chi connectivity index (χ1n) is 4.34. The number of hydrogen-bond donors (Lipinski definition) is 2. The maximum Gasteiger partial charge on any atom is 0.279 e. The predicted octanol–water partition coefficient (Wildman–Crippen LogP) is -0.847. The van der Waals surface area contributed by atoms with Crippen molar-refractivity contribution in [3.8, 4) is 0 Å². The van der Waals surface area contributed by atoms with Crippen LogP contribution in [0.1, 0.15) is 13.8 Å². The monoisotopic (exact) mass is 208 g/mol. The summed E-state index contributed by atoms with van der Waals surface area (Å²) in [5.74, 6) is 0.115. The van der Waals surface area contributed by atoms with Gasteiger partial charge in [-0.05, 0) is 13.8 Å². The second kappa shape index (κ2) is 3.91. The summed E-state index contributed by atoms with van der Waals surface area (Å²) in [5, 5.41) is 8.71. The summed E-state index contributed by atoms with van der Waals surface area (Å²) in [6, 6.07) is -0.0850. The van der Waals surface area contributed by atoms with E-state index >= 15 is 0 Å². The molecular formula is C7H16N2O3S. The molecule has 0 aromatic rings. The largest absolute Gasteiger partial charge is 0.396 e. The molecule has 0 amide bonds. The van der Waals surface area contributed by atoms with Crippen molar-refractivity contribution in [2.75, 3.05) is 19.7 Å². The van der Waals surface area contributed by atoms with E-state index in [2.05, 4.69) is 4.72 Å². The highest BCUT2D eigenvalue weighted by atomic mass is 32.2. The highest BCUT2D eigenvalue weighted by Gasteiger charge is 2.35. The van der Waals surface area contributed by atoms with Crippen molar-refractivity contribution in [2.45, 2.75) is 19.9 Å². The predicted molar refractivity (Wildman–Crippen MR) is 49.3 cm³/mol. The number of hydrogen-bond acceptors (Lipinski definition) is 3. The molecule has 0 spiro atoms. The van der Waals surface area contributed by atoms with Crippen LogP contribution >= 0.6 is 0 Å². The van der Waals surface area contributed by atoms with Gasteiger partial charge < -0.3 is 5.11 Å². The van der Waals surface area contributed by atoms with E-state index in [0.717, 1.165) is 0 Å². The van der Waals surface area contributed by atoms with Crippen molar-refractivity contribution in [3.05, 3.63) is 0 Å². The van der Waals surface area contributed by atoms with Gasteiger partial charge in [-0.3, -0.25) is 0 Å². The Morgan fingerprint density at radius 1 is 1.54 bits per heavy atom. The number of aliphatic hydroxyl groups excluding tert-OH is 1.